The van der Waals surface area contributed by atoms with E-state index in [9.17, 15) is 0 Å². The Morgan fingerprint density at radius 2 is 1.45 bits per heavy atom. The summed E-state index contributed by atoms with van der Waals surface area (Å²) in [7, 11) is 2.33. The van der Waals surface area contributed by atoms with Crippen molar-refractivity contribution >= 4 is 0 Å². The number of hydrogen-bond acceptors (Lipinski definition) is 2. The summed E-state index contributed by atoms with van der Waals surface area (Å²) < 4.78 is 6.80. The maximum absolute atomic E-state index is 6.80. The van der Waals surface area contributed by atoms with Gasteiger partial charge in [-0.3, -0.25) is 0 Å². The number of ether oxygens (including phenoxy) is 1. The fourth-order valence-corrected chi connectivity index (χ4v) is 5.85. The van der Waals surface area contributed by atoms with Crippen molar-refractivity contribution in [2.75, 3.05) is 13.7 Å². The predicted molar refractivity (Wildman–Crippen MR) is 127 cm³/mol. The van der Waals surface area contributed by atoms with Crippen molar-refractivity contribution in [2.24, 2.45) is 5.92 Å². The Bertz CT molecular complexity index is 929. The third kappa shape index (κ3) is 4.20. The summed E-state index contributed by atoms with van der Waals surface area (Å²) in [6.45, 7) is 2.96. The van der Waals surface area contributed by atoms with Crippen LogP contribution in [0.5, 0.6) is 0 Å². The number of aryl methyl sites for hydroxylation is 1. The third-order valence-electron chi connectivity index (χ3n) is 7.60. The number of nitrogens with zero attached hydrogens (tertiary/aromatic N) is 1. The van der Waals surface area contributed by atoms with Crippen LogP contribution < -0.4 is 0 Å². The van der Waals surface area contributed by atoms with Gasteiger partial charge in [0, 0.05) is 18.0 Å². The maximum atomic E-state index is 6.80. The minimum Gasteiger partial charge on any atom is -0.368 e. The molecule has 0 spiro atoms. The van der Waals surface area contributed by atoms with Gasteiger partial charge in [-0.25, -0.2) is 0 Å². The first-order valence-corrected chi connectivity index (χ1v) is 11.7. The normalized spacial score (nSPS) is 25.8. The summed E-state index contributed by atoms with van der Waals surface area (Å²) in [5.74, 6) is 1.09. The van der Waals surface area contributed by atoms with Crippen LogP contribution in [0, 0.1) is 12.8 Å². The van der Waals surface area contributed by atoms with Crippen LogP contribution in [0.2, 0.25) is 0 Å². The summed E-state index contributed by atoms with van der Waals surface area (Å²) in [5, 5.41) is 0. The zero-order valence-electron chi connectivity index (χ0n) is 18.7. The van der Waals surface area contributed by atoms with Gasteiger partial charge in [-0.05, 0) is 55.8 Å². The monoisotopic (exact) mass is 411 g/mol. The third-order valence-corrected chi connectivity index (χ3v) is 7.60. The molecule has 3 aromatic carbocycles. The van der Waals surface area contributed by atoms with Crippen molar-refractivity contribution in [2.45, 2.75) is 50.3 Å². The Hall–Kier alpha value is -2.42. The second-order valence-corrected chi connectivity index (χ2v) is 9.42. The Balaban J connectivity index is 1.43. The molecular formula is C29H33NO. The lowest BCUT2D eigenvalue weighted by molar-refractivity contribution is -0.00336. The van der Waals surface area contributed by atoms with Crippen molar-refractivity contribution in [3.05, 3.63) is 107 Å². The standard InChI is InChI=1S/C29H33NO/c1-21-13-15-22(16-14-21)26-19-25-17-18-28(30(25)2)27(26)20-31-29(23-9-5-3-6-10-23)24-11-7-4-8-12-24/h3-16,25-29H,17-20H2,1-2H3/t25-,26+,27+,28+/m0/s1. The Kier molecular flexibility index (Phi) is 5.93. The molecule has 2 fully saturated rings. The fourth-order valence-electron chi connectivity index (χ4n) is 5.85. The van der Waals surface area contributed by atoms with E-state index in [2.05, 4.69) is 104 Å². The van der Waals surface area contributed by atoms with Crippen molar-refractivity contribution in [1.29, 1.82) is 0 Å². The molecule has 31 heavy (non-hydrogen) atoms. The highest BCUT2D eigenvalue weighted by Crippen LogP contribution is 2.47. The van der Waals surface area contributed by atoms with Gasteiger partial charge in [0.05, 0.1) is 6.61 Å². The van der Waals surface area contributed by atoms with Gasteiger partial charge in [0.1, 0.15) is 6.10 Å². The lowest BCUT2D eigenvalue weighted by atomic mass is 9.76. The first kappa shape index (κ1) is 20.5. The average molecular weight is 412 g/mol. The molecule has 0 aliphatic carbocycles. The van der Waals surface area contributed by atoms with Gasteiger partial charge < -0.3 is 9.64 Å². The van der Waals surface area contributed by atoms with Crippen molar-refractivity contribution in [3.63, 3.8) is 0 Å². The first-order valence-electron chi connectivity index (χ1n) is 11.7. The fraction of sp³-hybridized carbons (Fsp3) is 0.379. The number of fused-ring (bicyclic) bond motifs is 2. The summed E-state index contributed by atoms with van der Waals surface area (Å²) in [6.07, 6.45) is 3.83. The SMILES string of the molecule is Cc1ccc([C@H]2C[C@@H]3CC[C@H]([C@@H]2COC(c2ccccc2)c2ccccc2)N3C)cc1. The largest absolute Gasteiger partial charge is 0.368 e. The van der Waals surface area contributed by atoms with Gasteiger partial charge in [0.2, 0.25) is 0 Å². The minimum absolute atomic E-state index is 0.0227. The zero-order chi connectivity index (χ0) is 21.2. The van der Waals surface area contributed by atoms with Crippen LogP contribution in [0.15, 0.2) is 84.9 Å². The predicted octanol–water partition coefficient (Wildman–Crippen LogP) is 6.37. The van der Waals surface area contributed by atoms with Gasteiger partial charge in [0.25, 0.3) is 0 Å². The Morgan fingerprint density at radius 3 is 2.06 bits per heavy atom. The van der Waals surface area contributed by atoms with Crippen LogP contribution in [0.3, 0.4) is 0 Å². The molecule has 0 unspecified atom stereocenters. The highest BCUT2D eigenvalue weighted by molar-refractivity contribution is 5.30. The molecule has 0 aromatic heterocycles. The van der Waals surface area contributed by atoms with Gasteiger partial charge in [0.15, 0.2) is 0 Å². The summed E-state index contributed by atoms with van der Waals surface area (Å²) >= 11 is 0. The minimum atomic E-state index is -0.0227. The molecular weight excluding hydrogens is 378 g/mol. The van der Waals surface area contributed by atoms with Gasteiger partial charge in [-0.1, -0.05) is 90.5 Å². The summed E-state index contributed by atoms with van der Waals surface area (Å²) in [6, 6.07) is 31.9. The lowest BCUT2D eigenvalue weighted by Gasteiger charge is -2.43. The van der Waals surface area contributed by atoms with Gasteiger partial charge in [-0.15, -0.1) is 0 Å². The average Bonchev–Trinajstić information content (AvgIpc) is 3.05. The number of benzene rings is 3. The Labute approximate surface area is 186 Å². The van der Waals surface area contributed by atoms with E-state index in [0.717, 1.165) is 6.61 Å². The van der Waals surface area contributed by atoms with E-state index in [0.29, 0.717) is 23.9 Å². The summed E-state index contributed by atoms with van der Waals surface area (Å²) in [4.78, 5) is 2.64. The molecule has 0 saturated carbocycles. The van der Waals surface area contributed by atoms with E-state index in [1.807, 2.05) is 0 Å². The van der Waals surface area contributed by atoms with E-state index in [-0.39, 0.29) is 6.10 Å². The second-order valence-electron chi connectivity index (χ2n) is 9.42. The molecule has 2 saturated heterocycles. The van der Waals surface area contributed by atoms with Crippen LogP contribution in [0.4, 0.5) is 0 Å². The molecule has 2 aliphatic rings. The van der Waals surface area contributed by atoms with Crippen LogP contribution in [-0.4, -0.2) is 30.6 Å². The molecule has 5 rings (SSSR count). The van der Waals surface area contributed by atoms with Crippen molar-refractivity contribution < 1.29 is 4.74 Å². The smallest absolute Gasteiger partial charge is 0.108 e. The number of hydrogen-bond donors (Lipinski definition) is 0. The molecule has 0 N–H and O–H groups in total. The van der Waals surface area contributed by atoms with Crippen LogP contribution in [0.25, 0.3) is 0 Å². The van der Waals surface area contributed by atoms with Crippen molar-refractivity contribution in [1.82, 2.24) is 4.90 Å². The molecule has 0 radical (unpaired) electrons. The zero-order valence-corrected chi connectivity index (χ0v) is 18.7. The first-order chi connectivity index (χ1) is 15.2. The topological polar surface area (TPSA) is 12.5 Å². The molecule has 3 aromatic rings. The van der Waals surface area contributed by atoms with Gasteiger partial charge in [-0.2, -0.15) is 0 Å². The van der Waals surface area contributed by atoms with Crippen molar-refractivity contribution in [3.8, 4) is 0 Å². The molecule has 0 amide bonds. The highest BCUT2D eigenvalue weighted by atomic mass is 16.5. The highest BCUT2D eigenvalue weighted by Gasteiger charge is 2.46. The van der Waals surface area contributed by atoms with E-state index in [1.165, 1.54) is 41.5 Å². The molecule has 160 valence electrons. The maximum Gasteiger partial charge on any atom is 0.108 e. The molecule has 2 nitrogen and oxygen atoms in total. The van der Waals surface area contributed by atoms with Gasteiger partial charge >= 0.3 is 0 Å². The molecule has 4 atom stereocenters. The number of piperidine rings is 1. The van der Waals surface area contributed by atoms with Crippen LogP contribution in [0.1, 0.15) is 53.5 Å². The molecule has 2 heteroatoms. The molecule has 2 aliphatic heterocycles. The quantitative estimate of drug-likeness (QED) is 0.467. The van der Waals surface area contributed by atoms with E-state index < -0.39 is 0 Å². The van der Waals surface area contributed by atoms with E-state index in [1.54, 1.807) is 0 Å². The Morgan fingerprint density at radius 1 is 0.839 bits per heavy atom. The van der Waals surface area contributed by atoms with E-state index in [4.69, 9.17) is 4.74 Å². The second kappa shape index (κ2) is 8.98. The number of rotatable bonds is 6. The molecule has 2 heterocycles. The van der Waals surface area contributed by atoms with Crippen LogP contribution in [-0.2, 0) is 4.74 Å². The lowest BCUT2D eigenvalue weighted by Crippen LogP contribution is -2.47. The van der Waals surface area contributed by atoms with E-state index >= 15 is 0 Å². The molecule has 2 bridgehead atoms. The van der Waals surface area contributed by atoms with Crippen LogP contribution >= 0.6 is 0 Å². The summed E-state index contributed by atoms with van der Waals surface area (Å²) in [5.41, 5.74) is 5.28.